The Hall–Kier alpha value is -1.55. The summed E-state index contributed by atoms with van der Waals surface area (Å²) in [6.45, 7) is 8.41. The topological polar surface area (TPSA) is 39.2 Å². The summed E-state index contributed by atoms with van der Waals surface area (Å²) in [6, 6.07) is 6.35. The van der Waals surface area contributed by atoms with Crippen LogP contribution in [-0.4, -0.2) is 23.3 Å². The van der Waals surface area contributed by atoms with Gasteiger partial charge < -0.3 is 4.74 Å². The van der Waals surface area contributed by atoms with Crippen molar-refractivity contribution in [3.63, 3.8) is 0 Å². The number of thioether (sulfide) groups is 1. The van der Waals surface area contributed by atoms with Gasteiger partial charge in [-0.1, -0.05) is 23.9 Å². The number of benzene rings is 1. The average Bonchev–Trinajstić information content (AvgIpc) is 2.41. The van der Waals surface area contributed by atoms with Crippen LogP contribution in [0.15, 0.2) is 23.2 Å². The largest absolute Gasteiger partial charge is 0.465 e. The molecule has 0 saturated carbocycles. The van der Waals surface area contributed by atoms with Crippen molar-refractivity contribution < 1.29 is 9.53 Å². The Morgan fingerprint density at radius 2 is 1.90 bits per heavy atom. The molecule has 1 aromatic carbocycles. The van der Waals surface area contributed by atoms with Gasteiger partial charge in [-0.15, -0.1) is 0 Å². The smallest absolute Gasteiger partial charge is 0.316 e. The van der Waals surface area contributed by atoms with Gasteiger partial charge in [0.15, 0.2) is 0 Å². The number of ether oxygens (including phenoxy) is 1. The molecule has 0 aliphatic carbocycles. The minimum absolute atomic E-state index is 0.195. The maximum atomic E-state index is 11.4. The van der Waals surface area contributed by atoms with Crippen LogP contribution in [0.3, 0.4) is 0 Å². The van der Waals surface area contributed by atoms with E-state index in [1.54, 1.807) is 0 Å². The number of hydrogen-bond donors (Lipinski definition) is 0. The molecule has 0 atom stereocenters. The van der Waals surface area contributed by atoms with E-state index in [9.17, 15) is 4.79 Å². The molecule has 0 radical (unpaired) electrons. The van der Waals surface area contributed by atoms with E-state index >= 15 is 0 Å². The Kier molecular flexibility index (Phi) is 4.65. The third-order valence-electron chi connectivity index (χ3n) is 3.18. The number of carbonyl (C=O) groups is 1. The van der Waals surface area contributed by atoms with Crippen molar-refractivity contribution in [2.75, 3.05) is 12.4 Å². The molecule has 3 nitrogen and oxygen atoms in total. The number of hydrogen-bond acceptors (Lipinski definition) is 4. The zero-order valence-corrected chi connectivity index (χ0v) is 13.1. The molecular weight excluding hydrogens is 270 g/mol. The van der Waals surface area contributed by atoms with E-state index in [0.29, 0.717) is 12.4 Å². The minimum atomic E-state index is -0.195. The zero-order valence-electron chi connectivity index (χ0n) is 12.3. The molecular formula is C16H19NO2S. The third-order valence-corrected chi connectivity index (χ3v) is 4.25. The lowest BCUT2D eigenvalue weighted by atomic mass is 10.0. The van der Waals surface area contributed by atoms with Crippen molar-refractivity contribution in [3.05, 3.63) is 34.9 Å². The average molecular weight is 289 g/mol. The fourth-order valence-corrected chi connectivity index (χ4v) is 2.87. The van der Waals surface area contributed by atoms with Gasteiger partial charge >= 0.3 is 5.97 Å². The second kappa shape index (κ2) is 6.27. The Labute approximate surface area is 123 Å². The summed E-state index contributed by atoms with van der Waals surface area (Å²) >= 11 is 1.44. The maximum absolute atomic E-state index is 11.4. The third kappa shape index (κ3) is 3.12. The SMILES string of the molecule is CCOC(=O)CSc1nc2c(C)ccc(C)c2cc1C. The van der Waals surface area contributed by atoms with Crippen molar-refractivity contribution in [1.29, 1.82) is 0 Å². The van der Waals surface area contributed by atoms with Crippen molar-refractivity contribution in [1.82, 2.24) is 4.98 Å². The van der Waals surface area contributed by atoms with E-state index < -0.39 is 0 Å². The molecule has 0 fully saturated rings. The van der Waals surface area contributed by atoms with E-state index in [-0.39, 0.29) is 5.97 Å². The quantitative estimate of drug-likeness (QED) is 0.633. The maximum Gasteiger partial charge on any atom is 0.316 e. The Morgan fingerprint density at radius 1 is 1.20 bits per heavy atom. The first-order chi connectivity index (χ1) is 9.52. The van der Waals surface area contributed by atoms with Gasteiger partial charge in [-0.25, -0.2) is 4.98 Å². The van der Waals surface area contributed by atoms with Crippen LogP contribution >= 0.6 is 11.8 Å². The minimum Gasteiger partial charge on any atom is -0.465 e. The van der Waals surface area contributed by atoms with Crippen LogP contribution in [0.5, 0.6) is 0 Å². The van der Waals surface area contributed by atoms with E-state index in [2.05, 4.69) is 32.0 Å². The van der Waals surface area contributed by atoms with Crippen molar-refractivity contribution in [2.45, 2.75) is 32.7 Å². The van der Waals surface area contributed by atoms with E-state index in [0.717, 1.165) is 21.7 Å². The van der Waals surface area contributed by atoms with Crippen LogP contribution in [-0.2, 0) is 9.53 Å². The molecule has 0 aliphatic heterocycles. The summed E-state index contributed by atoms with van der Waals surface area (Å²) in [7, 11) is 0. The number of aryl methyl sites for hydroxylation is 3. The molecule has 0 saturated heterocycles. The van der Waals surface area contributed by atoms with Crippen LogP contribution < -0.4 is 0 Å². The normalized spacial score (nSPS) is 10.8. The highest BCUT2D eigenvalue weighted by atomic mass is 32.2. The van der Waals surface area contributed by atoms with E-state index in [1.165, 1.54) is 22.7 Å². The molecule has 2 aromatic rings. The predicted molar refractivity (Wildman–Crippen MR) is 83.3 cm³/mol. The molecule has 106 valence electrons. The zero-order chi connectivity index (χ0) is 14.7. The lowest BCUT2D eigenvalue weighted by molar-refractivity contribution is -0.139. The second-order valence-corrected chi connectivity index (χ2v) is 5.76. The van der Waals surface area contributed by atoms with Crippen LogP contribution in [0.2, 0.25) is 0 Å². The van der Waals surface area contributed by atoms with Crippen LogP contribution in [0, 0.1) is 20.8 Å². The molecule has 20 heavy (non-hydrogen) atoms. The molecule has 0 unspecified atom stereocenters. The lowest BCUT2D eigenvalue weighted by Gasteiger charge is -2.10. The highest BCUT2D eigenvalue weighted by molar-refractivity contribution is 7.99. The Morgan fingerprint density at radius 3 is 2.60 bits per heavy atom. The van der Waals surface area contributed by atoms with Gasteiger partial charge in [-0.2, -0.15) is 0 Å². The van der Waals surface area contributed by atoms with Crippen LogP contribution in [0.4, 0.5) is 0 Å². The molecule has 0 aliphatic rings. The first kappa shape index (κ1) is 14.9. The van der Waals surface area contributed by atoms with Crippen LogP contribution in [0.1, 0.15) is 23.6 Å². The molecule has 0 N–H and O–H groups in total. The summed E-state index contributed by atoms with van der Waals surface area (Å²) in [6.07, 6.45) is 0. The van der Waals surface area contributed by atoms with Crippen molar-refractivity contribution in [2.24, 2.45) is 0 Å². The fraction of sp³-hybridized carbons (Fsp3) is 0.375. The van der Waals surface area contributed by atoms with Gasteiger partial charge in [0.1, 0.15) is 5.03 Å². The standard InChI is InChI=1S/C16H19NO2S/c1-5-19-14(18)9-20-16-12(4)8-13-10(2)6-7-11(3)15(13)17-16/h6-8H,5,9H2,1-4H3. The summed E-state index contributed by atoms with van der Waals surface area (Å²) in [4.78, 5) is 16.2. The van der Waals surface area contributed by atoms with Gasteiger partial charge in [0.2, 0.25) is 0 Å². The lowest BCUT2D eigenvalue weighted by Crippen LogP contribution is -2.07. The second-order valence-electron chi connectivity index (χ2n) is 4.80. The first-order valence-corrected chi connectivity index (χ1v) is 7.67. The molecule has 0 spiro atoms. The Bertz CT molecular complexity index is 652. The molecule has 0 amide bonds. The van der Waals surface area contributed by atoms with Gasteiger partial charge in [-0.3, -0.25) is 4.79 Å². The number of pyridine rings is 1. The summed E-state index contributed by atoms with van der Waals surface area (Å²) in [5.74, 6) is 0.109. The molecule has 2 rings (SSSR count). The predicted octanol–water partition coefficient (Wildman–Crippen LogP) is 3.82. The Balaban J connectivity index is 2.33. The highest BCUT2D eigenvalue weighted by Crippen LogP contribution is 2.27. The monoisotopic (exact) mass is 289 g/mol. The van der Waals surface area contributed by atoms with Gasteiger partial charge in [0, 0.05) is 5.39 Å². The number of esters is 1. The highest BCUT2D eigenvalue weighted by Gasteiger charge is 2.10. The number of fused-ring (bicyclic) bond motifs is 1. The van der Waals surface area contributed by atoms with E-state index in [1.807, 2.05) is 13.8 Å². The van der Waals surface area contributed by atoms with Gasteiger partial charge in [0.05, 0.1) is 17.9 Å². The van der Waals surface area contributed by atoms with Crippen molar-refractivity contribution in [3.8, 4) is 0 Å². The van der Waals surface area contributed by atoms with Crippen LogP contribution in [0.25, 0.3) is 10.9 Å². The molecule has 0 bridgehead atoms. The number of aromatic nitrogens is 1. The number of rotatable bonds is 4. The first-order valence-electron chi connectivity index (χ1n) is 6.69. The molecule has 4 heteroatoms. The molecule has 1 heterocycles. The summed E-state index contributed by atoms with van der Waals surface area (Å²) in [5, 5.41) is 2.09. The van der Waals surface area contributed by atoms with Gasteiger partial charge in [-0.05, 0) is 50.5 Å². The number of nitrogens with zero attached hydrogens (tertiary/aromatic N) is 1. The fourth-order valence-electron chi connectivity index (χ4n) is 2.09. The van der Waals surface area contributed by atoms with E-state index in [4.69, 9.17) is 9.72 Å². The van der Waals surface area contributed by atoms with Gasteiger partial charge in [0.25, 0.3) is 0 Å². The summed E-state index contributed by atoms with van der Waals surface area (Å²) in [5.41, 5.74) is 4.49. The van der Waals surface area contributed by atoms with Crippen molar-refractivity contribution >= 4 is 28.6 Å². The number of carbonyl (C=O) groups excluding carboxylic acids is 1. The summed E-state index contributed by atoms with van der Waals surface area (Å²) < 4.78 is 4.95. The molecule has 1 aromatic heterocycles.